The van der Waals surface area contributed by atoms with Crippen LogP contribution in [-0.2, 0) is 28.7 Å². The first-order chi connectivity index (χ1) is 13.9. The zero-order chi connectivity index (χ0) is 22.1. The van der Waals surface area contributed by atoms with E-state index in [0.29, 0.717) is 25.7 Å². The van der Waals surface area contributed by atoms with Gasteiger partial charge in [-0.3, -0.25) is 9.59 Å². The number of unbranched alkanes of at least 4 members (excludes halogenated alkanes) is 4. The normalized spacial score (nSPS) is 12.6. The highest BCUT2D eigenvalue weighted by Crippen LogP contribution is 2.08. The molecule has 0 aliphatic heterocycles. The standard InChI is InChI=1S/C19H34N2O6S2/c1-3-26-18(24)14(12-28)20-16(22)10-8-6-5-7-9-11-17(23)21-15(13-29)19(25)27-4-2/h14-15,28-29H,3-13H2,1-2H3,(H,20,22)(H,21,23)/t14-,15-/m0/s1. The van der Waals surface area contributed by atoms with E-state index >= 15 is 0 Å². The number of hydrogen-bond donors (Lipinski definition) is 4. The van der Waals surface area contributed by atoms with Gasteiger partial charge in [0, 0.05) is 24.3 Å². The number of ether oxygens (including phenoxy) is 2. The van der Waals surface area contributed by atoms with Gasteiger partial charge >= 0.3 is 11.9 Å². The molecular weight excluding hydrogens is 416 g/mol. The van der Waals surface area contributed by atoms with E-state index in [-0.39, 0.29) is 36.5 Å². The van der Waals surface area contributed by atoms with Crippen LogP contribution in [0.5, 0.6) is 0 Å². The molecule has 0 unspecified atom stereocenters. The molecule has 0 aromatic heterocycles. The summed E-state index contributed by atoms with van der Waals surface area (Å²) in [6.45, 7) is 3.93. The number of rotatable bonds is 16. The van der Waals surface area contributed by atoms with Gasteiger partial charge in [0.15, 0.2) is 0 Å². The quantitative estimate of drug-likeness (QED) is 0.162. The van der Waals surface area contributed by atoms with Crippen molar-refractivity contribution in [2.24, 2.45) is 0 Å². The molecule has 2 atom stereocenters. The molecule has 0 saturated carbocycles. The highest BCUT2D eigenvalue weighted by Gasteiger charge is 2.21. The van der Waals surface area contributed by atoms with Crippen molar-refractivity contribution in [1.29, 1.82) is 0 Å². The summed E-state index contributed by atoms with van der Waals surface area (Å²) in [5.41, 5.74) is 0. The van der Waals surface area contributed by atoms with E-state index in [1.807, 2.05) is 0 Å². The van der Waals surface area contributed by atoms with Crippen LogP contribution >= 0.6 is 25.3 Å². The Morgan fingerprint density at radius 3 is 1.34 bits per heavy atom. The molecule has 8 nitrogen and oxygen atoms in total. The molecule has 0 spiro atoms. The Morgan fingerprint density at radius 1 is 0.690 bits per heavy atom. The molecule has 0 aromatic carbocycles. The lowest BCUT2D eigenvalue weighted by molar-refractivity contribution is -0.147. The lowest BCUT2D eigenvalue weighted by Gasteiger charge is -2.15. The summed E-state index contributed by atoms with van der Waals surface area (Å²) in [6.07, 6.45) is 4.64. The first kappa shape index (κ1) is 27.6. The van der Waals surface area contributed by atoms with E-state index in [4.69, 9.17) is 9.47 Å². The van der Waals surface area contributed by atoms with Gasteiger partial charge in [0.25, 0.3) is 0 Å². The molecule has 0 heterocycles. The van der Waals surface area contributed by atoms with Gasteiger partial charge in [-0.1, -0.05) is 19.3 Å². The summed E-state index contributed by atoms with van der Waals surface area (Å²) in [4.78, 5) is 47.0. The molecular formula is C19H34N2O6S2. The summed E-state index contributed by atoms with van der Waals surface area (Å²) >= 11 is 8.11. The maximum atomic E-state index is 11.9. The largest absolute Gasteiger partial charge is 0.464 e. The molecule has 0 aromatic rings. The Kier molecular flexibility index (Phi) is 16.6. The van der Waals surface area contributed by atoms with E-state index < -0.39 is 24.0 Å². The summed E-state index contributed by atoms with van der Waals surface area (Å²) in [6, 6.07) is -1.44. The average molecular weight is 451 g/mol. The van der Waals surface area contributed by atoms with E-state index in [9.17, 15) is 19.2 Å². The van der Waals surface area contributed by atoms with Crippen LogP contribution in [0.25, 0.3) is 0 Å². The second-order valence-corrected chi connectivity index (χ2v) is 7.11. The van der Waals surface area contributed by atoms with E-state index in [0.717, 1.165) is 19.3 Å². The number of esters is 2. The number of carbonyl (C=O) groups excluding carboxylic acids is 4. The van der Waals surface area contributed by atoms with Crippen molar-refractivity contribution < 1.29 is 28.7 Å². The predicted octanol–water partition coefficient (Wildman–Crippen LogP) is 1.67. The second-order valence-electron chi connectivity index (χ2n) is 6.38. The second kappa shape index (κ2) is 17.4. The molecule has 0 aliphatic rings. The topological polar surface area (TPSA) is 111 Å². The average Bonchev–Trinajstić information content (AvgIpc) is 2.69. The number of hydrogen-bond acceptors (Lipinski definition) is 8. The molecule has 0 radical (unpaired) electrons. The van der Waals surface area contributed by atoms with E-state index in [1.54, 1.807) is 13.8 Å². The van der Waals surface area contributed by atoms with Gasteiger partial charge < -0.3 is 20.1 Å². The van der Waals surface area contributed by atoms with E-state index in [2.05, 4.69) is 35.9 Å². The SMILES string of the molecule is CCOC(=O)[C@H](CS)NC(=O)CCCCCCCC(=O)N[C@@H](CS)C(=O)OCC. The third-order valence-electron chi connectivity index (χ3n) is 3.99. The van der Waals surface area contributed by atoms with Gasteiger partial charge in [-0.05, 0) is 26.7 Å². The number of thiol groups is 2. The summed E-state index contributed by atoms with van der Waals surface area (Å²) in [5, 5.41) is 5.25. The number of carbonyl (C=O) groups is 4. The Balaban J connectivity index is 3.86. The fourth-order valence-corrected chi connectivity index (χ4v) is 2.96. The van der Waals surface area contributed by atoms with Crippen molar-refractivity contribution in [3.05, 3.63) is 0 Å². The van der Waals surface area contributed by atoms with Crippen LogP contribution in [0.3, 0.4) is 0 Å². The van der Waals surface area contributed by atoms with Crippen molar-refractivity contribution in [2.75, 3.05) is 24.7 Å². The molecule has 10 heteroatoms. The van der Waals surface area contributed by atoms with Crippen LogP contribution in [0.1, 0.15) is 58.8 Å². The monoisotopic (exact) mass is 450 g/mol. The summed E-state index contributed by atoms with van der Waals surface area (Å²) < 4.78 is 9.75. The fourth-order valence-electron chi connectivity index (χ4n) is 2.48. The maximum absolute atomic E-state index is 11.9. The third kappa shape index (κ3) is 13.4. The van der Waals surface area contributed by atoms with Crippen LogP contribution in [0.4, 0.5) is 0 Å². The number of nitrogens with one attached hydrogen (secondary N) is 2. The minimum Gasteiger partial charge on any atom is -0.464 e. The Bertz CT molecular complexity index is 475. The third-order valence-corrected chi connectivity index (χ3v) is 4.72. The molecule has 2 N–H and O–H groups in total. The van der Waals surface area contributed by atoms with Crippen LogP contribution in [0.15, 0.2) is 0 Å². The highest BCUT2D eigenvalue weighted by molar-refractivity contribution is 7.80. The summed E-state index contributed by atoms with van der Waals surface area (Å²) in [7, 11) is 0. The number of amides is 2. The van der Waals surface area contributed by atoms with Crippen molar-refractivity contribution in [1.82, 2.24) is 10.6 Å². The molecule has 168 valence electrons. The first-order valence-electron chi connectivity index (χ1n) is 10.0. The molecule has 0 bridgehead atoms. The van der Waals surface area contributed by atoms with Crippen molar-refractivity contribution in [2.45, 2.75) is 70.9 Å². The summed E-state index contributed by atoms with van der Waals surface area (Å²) in [5.74, 6) is -0.968. The molecule has 0 saturated heterocycles. The minimum atomic E-state index is -0.722. The van der Waals surface area contributed by atoms with Gasteiger partial charge in [-0.15, -0.1) is 0 Å². The lowest BCUT2D eigenvalue weighted by atomic mass is 10.1. The van der Waals surface area contributed by atoms with Gasteiger partial charge in [0.1, 0.15) is 12.1 Å². The lowest BCUT2D eigenvalue weighted by Crippen LogP contribution is -2.43. The van der Waals surface area contributed by atoms with Crippen LogP contribution in [0.2, 0.25) is 0 Å². The van der Waals surface area contributed by atoms with Crippen molar-refractivity contribution in [3.63, 3.8) is 0 Å². The van der Waals surface area contributed by atoms with Gasteiger partial charge in [-0.2, -0.15) is 25.3 Å². The van der Waals surface area contributed by atoms with Crippen molar-refractivity contribution in [3.8, 4) is 0 Å². The highest BCUT2D eigenvalue weighted by atomic mass is 32.1. The fraction of sp³-hybridized carbons (Fsp3) is 0.789. The maximum Gasteiger partial charge on any atom is 0.329 e. The van der Waals surface area contributed by atoms with Gasteiger partial charge in [0.2, 0.25) is 11.8 Å². The molecule has 29 heavy (non-hydrogen) atoms. The Hall–Kier alpha value is -1.42. The molecule has 2 amide bonds. The van der Waals surface area contributed by atoms with Gasteiger partial charge in [0.05, 0.1) is 13.2 Å². The molecule has 0 aliphatic carbocycles. The Labute approximate surface area is 184 Å². The van der Waals surface area contributed by atoms with Crippen LogP contribution in [-0.4, -0.2) is 60.6 Å². The predicted molar refractivity (Wildman–Crippen MR) is 117 cm³/mol. The smallest absolute Gasteiger partial charge is 0.329 e. The van der Waals surface area contributed by atoms with Gasteiger partial charge in [-0.25, -0.2) is 9.59 Å². The van der Waals surface area contributed by atoms with Crippen LogP contribution in [0, 0.1) is 0 Å². The van der Waals surface area contributed by atoms with Crippen molar-refractivity contribution >= 4 is 49.0 Å². The molecule has 0 rings (SSSR count). The van der Waals surface area contributed by atoms with E-state index in [1.165, 1.54) is 0 Å². The zero-order valence-corrected chi connectivity index (χ0v) is 19.1. The Morgan fingerprint density at radius 2 is 1.03 bits per heavy atom. The molecule has 0 fully saturated rings. The van der Waals surface area contributed by atoms with Crippen LogP contribution < -0.4 is 10.6 Å². The first-order valence-corrected chi connectivity index (χ1v) is 11.3. The minimum absolute atomic E-state index is 0.191. The zero-order valence-electron chi connectivity index (χ0n) is 17.3.